The van der Waals surface area contributed by atoms with Crippen molar-refractivity contribution in [1.29, 1.82) is 0 Å². The van der Waals surface area contributed by atoms with Crippen molar-refractivity contribution < 1.29 is 13.2 Å². The van der Waals surface area contributed by atoms with E-state index in [9.17, 15) is 13.2 Å². The summed E-state index contributed by atoms with van der Waals surface area (Å²) in [5, 5.41) is 3.28. The van der Waals surface area contributed by atoms with Gasteiger partial charge in [-0.15, -0.1) is 0 Å². The average molecular weight is 457 g/mol. The molecule has 3 aromatic rings. The molecule has 9 heteroatoms. The molecular weight excluding hydrogens is 436 g/mol. The number of aromatic nitrogens is 2. The van der Waals surface area contributed by atoms with Crippen LogP contribution in [0.2, 0.25) is 5.02 Å². The Hall–Kier alpha value is -2.97. The molecule has 4 rings (SSSR count). The fraction of sp³-hybridized carbons (Fsp3) is 0.227. The molecule has 160 valence electrons. The minimum atomic E-state index is -3.33. The highest BCUT2D eigenvalue weighted by molar-refractivity contribution is 7.91. The van der Waals surface area contributed by atoms with Crippen LogP contribution in [0.25, 0.3) is 11.3 Å². The fourth-order valence-corrected chi connectivity index (χ4v) is 5.15. The van der Waals surface area contributed by atoms with Crippen LogP contribution in [0.3, 0.4) is 0 Å². The number of carbonyl (C=O) groups excluding carboxylic acids is 1. The van der Waals surface area contributed by atoms with Crippen molar-refractivity contribution in [1.82, 2.24) is 9.97 Å². The number of halogens is 1. The van der Waals surface area contributed by atoms with E-state index in [2.05, 4.69) is 15.3 Å². The topological polar surface area (TPSA) is 115 Å². The second-order valence-electron chi connectivity index (χ2n) is 7.55. The summed E-state index contributed by atoms with van der Waals surface area (Å²) in [5.41, 5.74) is 7.50. The first-order valence-corrected chi connectivity index (χ1v) is 11.9. The van der Waals surface area contributed by atoms with Crippen LogP contribution in [-0.4, -0.2) is 30.0 Å². The van der Waals surface area contributed by atoms with Gasteiger partial charge in [-0.1, -0.05) is 30.2 Å². The number of nitrogens with two attached hydrogens (primary N) is 1. The van der Waals surface area contributed by atoms with Crippen LogP contribution in [0.4, 0.5) is 11.5 Å². The van der Waals surface area contributed by atoms with Crippen LogP contribution in [0.1, 0.15) is 29.8 Å². The highest BCUT2D eigenvalue weighted by Crippen LogP contribution is 2.30. The molecule has 0 unspecified atom stereocenters. The van der Waals surface area contributed by atoms with E-state index in [0.717, 1.165) is 24.8 Å². The number of nitrogens with zero attached hydrogens (tertiary/aromatic N) is 2. The van der Waals surface area contributed by atoms with Crippen LogP contribution >= 0.6 is 11.6 Å². The third-order valence-electron chi connectivity index (χ3n) is 5.31. The van der Waals surface area contributed by atoms with Gasteiger partial charge in [-0.05, 0) is 55.2 Å². The number of anilines is 2. The van der Waals surface area contributed by atoms with Gasteiger partial charge in [0, 0.05) is 16.3 Å². The van der Waals surface area contributed by atoms with Crippen molar-refractivity contribution in [3.05, 3.63) is 65.4 Å². The van der Waals surface area contributed by atoms with Crippen LogP contribution < -0.4 is 11.1 Å². The molecule has 1 saturated carbocycles. The third kappa shape index (κ3) is 4.86. The minimum Gasteiger partial charge on any atom is -0.382 e. The van der Waals surface area contributed by atoms with Gasteiger partial charge in [0.25, 0.3) is 5.91 Å². The van der Waals surface area contributed by atoms with E-state index in [1.807, 2.05) is 0 Å². The molecule has 0 spiro atoms. The fourth-order valence-electron chi connectivity index (χ4n) is 3.33. The molecule has 1 amide bonds. The van der Waals surface area contributed by atoms with Crippen molar-refractivity contribution in [2.75, 3.05) is 16.8 Å². The number of nitrogen functional groups attached to an aromatic ring is 1. The molecule has 1 aromatic heterocycles. The van der Waals surface area contributed by atoms with E-state index in [1.165, 1.54) is 18.3 Å². The summed E-state index contributed by atoms with van der Waals surface area (Å²) in [6.45, 7) is 0. The molecule has 1 aliphatic carbocycles. The Morgan fingerprint density at radius 2 is 1.77 bits per heavy atom. The Morgan fingerprint density at radius 1 is 1.10 bits per heavy atom. The summed E-state index contributed by atoms with van der Waals surface area (Å²) in [4.78, 5) is 21.4. The molecule has 1 heterocycles. The highest BCUT2D eigenvalue weighted by atomic mass is 35.5. The SMILES string of the molecule is Nc1ncc(-c2ccc(Cl)cc2)nc1C(=O)Nc1ccc(S(=O)(=O)CC2CCC2)cc1. The Bertz CT molecular complexity index is 1210. The van der Waals surface area contributed by atoms with Gasteiger partial charge in [-0.2, -0.15) is 0 Å². The molecule has 0 radical (unpaired) electrons. The standard InChI is InChI=1S/C22H21ClN4O3S/c23-16-6-4-15(5-7-16)19-12-25-21(24)20(27-19)22(28)26-17-8-10-18(11-9-17)31(29,30)13-14-2-1-3-14/h4-12,14H,1-3,13H2,(H2,24,25)(H,26,28). The minimum absolute atomic E-state index is 0.00471. The van der Waals surface area contributed by atoms with Crippen molar-refractivity contribution >= 4 is 38.9 Å². The smallest absolute Gasteiger partial charge is 0.278 e. The van der Waals surface area contributed by atoms with Gasteiger partial charge in [0.1, 0.15) is 0 Å². The predicted octanol–water partition coefficient (Wildman–Crippen LogP) is 4.21. The summed E-state index contributed by atoms with van der Waals surface area (Å²) in [6.07, 6.45) is 4.50. The Morgan fingerprint density at radius 3 is 2.39 bits per heavy atom. The van der Waals surface area contributed by atoms with E-state index in [-0.39, 0.29) is 28.1 Å². The first-order chi connectivity index (χ1) is 14.8. The molecular formula is C22H21ClN4O3S. The quantitative estimate of drug-likeness (QED) is 0.574. The first-order valence-electron chi connectivity index (χ1n) is 9.84. The van der Waals surface area contributed by atoms with Crippen molar-refractivity contribution in [3.8, 4) is 11.3 Å². The maximum atomic E-state index is 12.7. The summed E-state index contributed by atoms with van der Waals surface area (Å²) in [7, 11) is -3.33. The molecule has 0 aliphatic heterocycles. The number of sulfone groups is 1. The zero-order valence-electron chi connectivity index (χ0n) is 16.6. The maximum absolute atomic E-state index is 12.7. The maximum Gasteiger partial charge on any atom is 0.278 e. The second kappa shape index (κ2) is 8.64. The molecule has 7 nitrogen and oxygen atoms in total. The third-order valence-corrected chi connectivity index (χ3v) is 7.46. The molecule has 2 aromatic carbocycles. The average Bonchev–Trinajstić information content (AvgIpc) is 2.72. The van der Waals surface area contributed by atoms with Crippen molar-refractivity contribution in [3.63, 3.8) is 0 Å². The largest absolute Gasteiger partial charge is 0.382 e. The summed E-state index contributed by atoms with van der Waals surface area (Å²) < 4.78 is 25.0. The molecule has 1 aliphatic rings. The Balaban J connectivity index is 1.50. The lowest BCUT2D eigenvalue weighted by atomic mass is 9.87. The van der Waals surface area contributed by atoms with Crippen LogP contribution in [0.15, 0.2) is 59.6 Å². The molecule has 0 bridgehead atoms. The Kier molecular flexibility index (Phi) is 5.93. The van der Waals surface area contributed by atoms with Crippen LogP contribution in [0.5, 0.6) is 0 Å². The van der Waals surface area contributed by atoms with Crippen molar-refractivity contribution in [2.24, 2.45) is 5.92 Å². The molecule has 0 atom stereocenters. The lowest BCUT2D eigenvalue weighted by Gasteiger charge is -2.24. The summed E-state index contributed by atoms with van der Waals surface area (Å²) >= 11 is 5.91. The number of hydrogen-bond donors (Lipinski definition) is 2. The normalized spacial score (nSPS) is 14.1. The monoisotopic (exact) mass is 456 g/mol. The van der Waals surface area contributed by atoms with E-state index >= 15 is 0 Å². The van der Waals surface area contributed by atoms with Crippen LogP contribution in [0, 0.1) is 5.92 Å². The van der Waals surface area contributed by atoms with E-state index in [0.29, 0.717) is 16.4 Å². The highest BCUT2D eigenvalue weighted by Gasteiger charge is 2.25. The first kappa shape index (κ1) is 21.3. The van der Waals surface area contributed by atoms with E-state index in [1.54, 1.807) is 36.4 Å². The van der Waals surface area contributed by atoms with Crippen molar-refractivity contribution in [2.45, 2.75) is 24.2 Å². The number of hydrogen-bond acceptors (Lipinski definition) is 6. The number of rotatable bonds is 6. The van der Waals surface area contributed by atoms with Gasteiger partial charge in [0.05, 0.1) is 22.5 Å². The lowest BCUT2D eigenvalue weighted by molar-refractivity contribution is 0.102. The molecule has 0 saturated heterocycles. The van der Waals surface area contributed by atoms with Gasteiger partial charge in [-0.25, -0.2) is 18.4 Å². The molecule has 1 fully saturated rings. The second-order valence-corrected chi connectivity index (χ2v) is 10.0. The van der Waals surface area contributed by atoms with Crippen LogP contribution in [-0.2, 0) is 9.84 Å². The predicted molar refractivity (Wildman–Crippen MR) is 121 cm³/mol. The van der Waals surface area contributed by atoms with Gasteiger partial charge in [-0.3, -0.25) is 4.79 Å². The number of carbonyl (C=O) groups is 1. The molecule has 31 heavy (non-hydrogen) atoms. The number of nitrogens with one attached hydrogen (secondary N) is 1. The zero-order valence-corrected chi connectivity index (χ0v) is 18.2. The van der Waals surface area contributed by atoms with Gasteiger partial charge >= 0.3 is 0 Å². The number of benzene rings is 2. The summed E-state index contributed by atoms with van der Waals surface area (Å²) in [6, 6.07) is 13.1. The van der Waals surface area contributed by atoms with E-state index < -0.39 is 15.7 Å². The summed E-state index contributed by atoms with van der Waals surface area (Å²) in [5.74, 6) is -0.123. The number of amides is 1. The van der Waals surface area contributed by atoms with Gasteiger partial charge in [0.15, 0.2) is 21.3 Å². The van der Waals surface area contributed by atoms with Gasteiger partial charge < -0.3 is 11.1 Å². The van der Waals surface area contributed by atoms with Gasteiger partial charge in [0.2, 0.25) is 0 Å². The molecule has 3 N–H and O–H groups in total. The lowest BCUT2D eigenvalue weighted by Crippen LogP contribution is -2.22. The van der Waals surface area contributed by atoms with E-state index in [4.69, 9.17) is 17.3 Å². The zero-order chi connectivity index (χ0) is 22.0. The Labute approximate surface area is 185 Å².